The highest BCUT2D eigenvalue weighted by molar-refractivity contribution is 5.18. The molecule has 0 amide bonds. The van der Waals surface area contributed by atoms with Crippen LogP contribution >= 0.6 is 0 Å². The van der Waals surface area contributed by atoms with Crippen molar-refractivity contribution in [3.8, 4) is 0 Å². The average molecular weight is 217 g/mol. The molecule has 0 fully saturated rings. The van der Waals surface area contributed by atoms with Gasteiger partial charge in [0.25, 0.3) is 0 Å². The van der Waals surface area contributed by atoms with Crippen LogP contribution in [0.2, 0.25) is 0 Å². The van der Waals surface area contributed by atoms with E-state index in [2.05, 4.69) is 11.6 Å². The predicted molar refractivity (Wildman–Crippen MR) is 49.0 cm³/mol. The number of halogens is 3. The first kappa shape index (κ1) is 11.7. The van der Waals surface area contributed by atoms with Gasteiger partial charge in [-0.25, -0.2) is 0 Å². The monoisotopic (exact) mass is 217 g/mol. The fraction of sp³-hybridized carbons (Fsp3) is 0.300. The average Bonchev–Trinajstić information content (AvgIpc) is 2.17. The van der Waals surface area contributed by atoms with Crippen LogP contribution in [0.4, 0.5) is 13.2 Å². The molecule has 15 heavy (non-hydrogen) atoms. The molecule has 5 heteroatoms. The summed E-state index contributed by atoms with van der Waals surface area (Å²) < 4.78 is 36.4. The molecule has 0 aromatic carbocycles. The molecule has 0 aliphatic heterocycles. The molecule has 2 nitrogen and oxygen atoms in total. The Labute approximate surface area is 85.1 Å². The van der Waals surface area contributed by atoms with Crippen LogP contribution < -0.4 is 0 Å². The van der Waals surface area contributed by atoms with Gasteiger partial charge in [-0.1, -0.05) is 12.1 Å². The number of aliphatic hydroxyl groups excluding tert-OH is 1. The zero-order valence-corrected chi connectivity index (χ0v) is 7.83. The Morgan fingerprint density at radius 2 is 2.13 bits per heavy atom. The molecule has 1 heterocycles. The number of hydrogen-bond donors (Lipinski definition) is 1. The molecular formula is C10H10F3NO. The molecule has 82 valence electrons. The van der Waals surface area contributed by atoms with E-state index in [-0.39, 0.29) is 6.42 Å². The molecule has 0 saturated carbocycles. The minimum atomic E-state index is -4.44. The van der Waals surface area contributed by atoms with Crippen LogP contribution in [-0.4, -0.2) is 10.1 Å². The summed E-state index contributed by atoms with van der Waals surface area (Å²) in [7, 11) is 0. The summed E-state index contributed by atoms with van der Waals surface area (Å²) >= 11 is 0. The van der Waals surface area contributed by atoms with E-state index in [0.717, 1.165) is 12.3 Å². The lowest BCUT2D eigenvalue weighted by molar-refractivity contribution is -0.141. The Balaban J connectivity index is 2.85. The van der Waals surface area contributed by atoms with Crippen LogP contribution in [0, 0.1) is 0 Å². The predicted octanol–water partition coefficient (Wildman–Crippen LogP) is 2.71. The molecule has 1 atom stereocenters. The SMILES string of the molecule is C=CCC(O)c1ccc(C(F)(F)F)nc1. The highest BCUT2D eigenvalue weighted by Gasteiger charge is 2.32. The largest absolute Gasteiger partial charge is 0.433 e. The van der Waals surface area contributed by atoms with Crippen molar-refractivity contribution in [1.29, 1.82) is 0 Å². The van der Waals surface area contributed by atoms with E-state index < -0.39 is 18.0 Å². The lowest BCUT2D eigenvalue weighted by Crippen LogP contribution is -2.08. The van der Waals surface area contributed by atoms with Crippen molar-refractivity contribution in [3.63, 3.8) is 0 Å². The lowest BCUT2D eigenvalue weighted by Gasteiger charge is -2.09. The van der Waals surface area contributed by atoms with Gasteiger partial charge in [0, 0.05) is 6.20 Å². The maximum Gasteiger partial charge on any atom is 0.433 e. The minimum absolute atomic E-state index is 0.285. The second-order valence-electron chi connectivity index (χ2n) is 3.01. The first-order valence-corrected chi connectivity index (χ1v) is 4.27. The summed E-state index contributed by atoms with van der Waals surface area (Å²) in [4.78, 5) is 3.23. The molecule has 0 saturated heterocycles. The standard InChI is InChI=1S/C10H10F3NO/c1-2-3-8(15)7-4-5-9(14-6-7)10(11,12)13/h2,4-6,8,15H,1,3H2. The van der Waals surface area contributed by atoms with Gasteiger partial charge in [0.15, 0.2) is 0 Å². The number of hydrogen-bond acceptors (Lipinski definition) is 2. The third kappa shape index (κ3) is 3.06. The van der Waals surface area contributed by atoms with Gasteiger partial charge in [-0.3, -0.25) is 4.98 Å². The molecule has 0 spiro atoms. The molecule has 1 aromatic rings. The Hall–Kier alpha value is -1.36. The zero-order chi connectivity index (χ0) is 11.5. The number of aromatic nitrogens is 1. The van der Waals surface area contributed by atoms with E-state index in [9.17, 15) is 18.3 Å². The Kier molecular flexibility index (Phi) is 3.47. The maximum absolute atomic E-state index is 12.1. The summed E-state index contributed by atoms with van der Waals surface area (Å²) in [5.41, 5.74) is -0.611. The van der Waals surface area contributed by atoms with Crippen LogP contribution in [0.1, 0.15) is 23.8 Å². The summed E-state index contributed by atoms with van der Waals surface area (Å²) in [5, 5.41) is 9.42. The first-order chi connectivity index (χ1) is 6.95. The van der Waals surface area contributed by atoms with E-state index in [1.165, 1.54) is 12.1 Å². The van der Waals surface area contributed by atoms with Crippen LogP contribution in [0.15, 0.2) is 31.0 Å². The highest BCUT2D eigenvalue weighted by Crippen LogP contribution is 2.28. The number of rotatable bonds is 3. The van der Waals surface area contributed by atoms with E-state index in [0.29, 0.717) is 5.56 Å². The van der Waals surface area contributed by atoms with Gasteiger partial charge in [0.2, 0.25) is 0 Å². The Bertz CT molecular complexity index is 332. The first-order valence-electron chi connectivity index (χ1n) is 4.27. The quantitative estimate of drug-likeness (QED) is 0.789. The summed E-state index contributed by atoms with van der Waals surface area (Å²) in [6, 6.07) is 2.06. The molecule has 0 aliphatic carbocycles. The third-order valence-corrected chi connectivity index (χ3v) is 1.85. The van der Waals surface area contributed by atoms with Gasteiger partial charge >= 0.3 is 6.18 Å². The number of nitrogens with zero attached hydrogens (tertiary/aromatic N) is 1. The van der Waals surface area contributed by atoms with Gasteiger partial charge in [-0.05, 0) is 18.1 Å². The number of alkyl halides is 3. The topological polar surface area (TPSA) is 33.1 Å². The normalized spacial score (nSPS) is 13.6. The summed E-state index contributed by atoms with van der Waals surface area (Å²) in [6.45, 7) is 3.42. The molecular weight excluding hydrogens is 207 g/mol. The summed E-state index contributed by atoms with van der Waals surface area (Å²) in [6.07, 6.45) is -2.49. The molecule has 1 rings (SSSR count). The van der Waals surface area contributed by atoms with Gasteiger partial charge in [0.1, 0.15) is 5.69 Å². The van der Waals surface area contributed by atoms with E-state index in [4.69, 9.17) is 0 Å². The zero-order valence-electron chi connectivity index (χ0n) is 7.83. The second-order valence-corrected chi connectivity index (χ2v) is 3.01. The molecule has 1 unspecified atom stereocenters. The van der Waals surface area contributed by atoms with E-state index >= 15 is 0 Å². The molecule has 0 bridgehead atoms. The molecule has 1 N–H and O–H groups in total. The minimum Gasteiger partial charge on any atom is -0.388 e. The van der Waals surface area contributed by atoms with Crippen LogP contribution in [0.5, 0.6) is 0 Å². The van der Waals surface area contributed by atoms with Crippen molar-refractivity contribution in [1.82, 2.24) is 4.98 Å². The van der Waals surface area contributed by atoms with Gasteiger partial charge < -0.3 is 5.11 Å². The van der Waals surface area contributed by atoms with Crippen molar-refractivity contribution in [2.75, 3.05) is 0 Å². The molecule has 1 aromatic heterocycles. The smallest absolute Gasteiger partial charge is 0.388 e. The van der Waals surface area contributed by atoms with Gasteiger partial charge in [-0.2, -0.15) is 13.2 Å². The maximum atomic E-state index is 12.1. The highest BCUT2D eigenvalue weighted by atomic mass is 19.4. The van der Waals surface area contributed by atoms with Gasteiger partial charge in [0.05, 0.1) is 6.10 Å². The Morgan fingerprint density at radius 1 is 1.47 bits per heavy atom. The molecule has 0 radical (unpaired) electrons. The molecule has 0 aliphatic rings. The van der Waals surface area contributed by atoms with Crippen molar-refractivity contribution < 1.29 is 18.3 Å². The van der Waals surface area contributed by atoms with Crippen LogP contribution in [0.25, 0.3) is 0 Å². The number of aliphatic hydroxyl groups is 1. The van der Waals surface area contributed by atoms with Gasteiger partial charge in [-0.15, -0.1) is 6.58 Å². The van der Waals surface area contributed by atoms with Crippen LogP contribution in [-0.2, 0) is 6.18 Å². The second kappa shape index (κ2) is 4.44. The third-order valence-electron chi connectivity index (χ3n) is 1.85. The van der Waals surface area contributed by atoms with Crippen molar-refractivity contribution in [2.45, 2.75) is 18.7 Å². The van der Waals surface area contributed by atoms with Crippen LogP contribution in [0.3, 0.4) is 0 Å². The summed E-state index contributed by atoms with van der Waals surface area (Å²) in [5.74, 6) is 0. The fourth-order valence-corrected chi connectivity index (χ4v) is 1.06. The van der Waals surface area contributed by atoms with Crippen molar-refractivity contribution >= 4 is 0 Å². The van der Waals surface area contributed by atoms with E-state index in [1.807, 2.05) is 0 Å². The van der Waals surface area contributed by atoms with E-state index in [1.54, 1.807) is 0 Å². The Morgan fingerprint density at radius 3 is 2.53 bits per heavy atom. The fourth-order valence-electron chi connectivity index (χ4n) is 1.06. The lowest BCUT2D eigenvalue weighted by atomic mass is 10.1. The van der Waals surface area contributed by atoms with Crippen molar-refractivity contribution in [3.05, 3.63) is 42.2 Å². The van der Waals surface area contributed by atoms with Crippen molar-refractivity contribution in [2.24, 2.45) is 0 Å². The number of pyridine rings is 1.